The van der Waals surface area contributed by atoms with Crippen molar-refractivity contribution in [2.24, 2.45) is 17.3 Å². The van der Waals surface area contributed by atoms with Crippen LogP contribution < -0.4 is 5.32 Å². The molecule has 1 heterocycles. The van der Waals surface area contributed by atoms with Crippen LogP contribution in [0.25, 0.3) is 0 Å². The maximum Gasteiger partial charge on any atom is 0.227 e. The molecule has 0 bridgehead atoms. The molecule has 0 radical (unpaired) electrons. The Morgan fingerprint density at radius 1 is 1.30 bits per heavy atom. The van der Waals surface area contributed by atoms with Gasteiger partial charge in [-0.2, -0.15) is 0 Å². The lowest BCUT2D eigenvalue weighted by Gasteiger charge is -2.35. The minimum atomic E-state index is -0.365. The monoisotopic (exact) mass is 282 g/mol. The second-order valence-corrected chi connectivity index (χ2v) is 7.31. The van der Waals surface area contributed by atoms with Crippen molar-refractivity contribution in [1.82, 2.24) is 10.2 Å². The third-order valence-electron chi connectivity index (χ3n) is 3.74. The van der Waals surface area contributed by atoms with Crippen LogP contribution >= 0.6 is 0 Å². The number of hydrogen-bond acceptors (Lipinski definition) is 2. The van der Waals surface area contributed by atoms with Gasteiger partial charge in [0.15, 0.2) is 0 Å². The molecule has 4 heteroatoms. The summed E-state index contributed by atoms with van der Waals surface area (Å²) in [6.45, 7) is 12.2. The summed E-state index contributed by atoms with van der Waals surface area (Å²) in [5.74, 6) is 0.817. The number of piperidine rings is 1. The molecule has 1 fully saturated rings. The first kappa shape index (κ1) is 17.0. The molecule has 1 rings (SSSR count). The Hall–Kier alpha value is -1.06. The van der Waals surface area contributed by atoms with Crippen LogP contribution in [0.2, 0.25) is 0 Å². The highest BCUT2D eigenvalue weighted by Gasteiger charge is 2.33. The number of hydrogen-bond donors (Lipinski definition) is 1. The minimum absolute atomic E-state index is 0.0396. The summed E-state index contributed by atoms with van der Waals surface area (Å²) >= 11 is 0. The van der Waals surface area contributed by atoms with Crippen LogP contribution in [0.15, 0.2) is 0 Å². The second kappa shape index (κ2) is 7.09. The molecule has 4 nitrogen and oxygen atoms in total. The summed E-state index contributed by atoms with van der Waals surface area (Å²) in [5, 5.41) is 3.01. The molecule has 1 atom stereocenters. The van der Waals surface area contributed by atoms with E-state index in [4.69, 9.17) is 0 Å². The molecular weight excluding hydrogens is 252 g/mol. The predicted octanol–water partition coefficient (Wildman–Crippen LogP) is 2.43. The number of carbonyl (C=O) groups excluding carboxylic acids is 2. The van der Waals surface area contributed by atoms with Crippen LogP contribution in [0, 0.1) is 17.3 Å². The maximum absolute atomic E-state index is 12.3. The van der Waals surface area contributed by atoms with Crippen LogP contribution in [-0.2, 0) is 9.59 Å². The van der Waals surface area contributed by atoms with Crippen molar-refractivity contribution in [2.75, 3.05) is 19.6 Å². The predicted molar refractivity (Wildman–Crippen MR) is 81.2 cm³/mol. The molecular formula is C16H30N2O2. The Kier molecular flexibility index (Phi) is 6.03. The van der Waals surface area contributed by atoms with Crippen molar-refractivity contribution in [1.29, 1.82) is 0 Å². The van der Waals surface area contributed by atoms with Crippen LogP contribution in [0.5, 0.6) is 0 Å². The first-order chi connectivity index (χ1) is 9.21. The highest BCUT2D eigenvalue weighted by molar-refractivity contribution is 5.83. The summed E-state index contributed by atoms with van der Waals surface area (Å²) in [7, 11) is 0. The molecule has 0 aliphatic carbocycles. The molecule has 1 N–H and O–H groups in total. The molecule has 0 aromatic heterocycles. The molecule has 116 valence electrons. The lowest BCUT2D eigenvalue weighted by molar-refractivity contribution is -0.142. The van der Waals surface area contributed by atoms with Gasteiger partial charge in [0.2, 0.25) is 11.8 Å². The lowest BCUT2D eigenvalue weighted by Crippen LogP contribution is -2.48. The lowest BCUT2D eigenvalue weighted by atomic mass is 9.91. The fourth-order valence-corrected chi connectivity index (χ4v) is 2.48. The van der Waals surface area contributed by atoms with Crippen LogP contribution in [0.4, 0.5) is 0 Å². The van der Waals surface area contributed by atoms with Gasteiger partial charge in [-0.3, -0.25) is 9.59 Å². The highest BCUT2D eigenvalue weighted by Crippen LogP contribution is 2.23. The fourth-order valence-electron chi connectivity index (χ4n) is 2.48. The fraction of sp³-hybridized carbons (Fsp3) is 0.875. The van der Waals surface area contributed by atoms with E-state index < -0.39 is 0 Å². The van der Waals surface area contributed by atoms with Gasteiger partial charge in [-0.1, -0.05) is 34.6 Å². The number of amides is 2. The normalized spacial score (nSPS) is 20.1. The third kappa shape index (κ3) is 5.14. The molecule has 0 saturated carbocycles. The Morgan fingerprint density at radius 3 is 2.50 bits per heavy atom. The number of likely N-dealkylation sites (tertiary alicyclic amines) is 1. The van der Waals surface area contributed by atoms with Gasteiger partial charge in [0.05, 0.1) is 5.92 Å². The number of nitrogens with one attached hydrogen (secondary N) is 1. The average molecular weight is 282 g/mol. The van der Waals surface area contributed by atoms with Gasteiger partial charge in [0.25, 0.3) is 0 Å². The molecule has 20 heavy (non-hydrogen) atoms. The van der Waals surface area contributed by atoms with Gasteiger partial charge in [0.1, 0.15) is 0 Å². The zero-order valence-electron chi connectivity index (χ0n) is 13.7. The van der Waals surface area contributed by atoms with Crippen molar-refractivity contribution >= 4 is 11.8 Å². The third-order valence-corrected chi connectivity index (χ3v) is 3.74. The number of rotatable bonds is 4. The molecule has 1 aliphatic heterocycles. The zero-order valence-corrected chi connectivity index (χ0v) is 13.7. The first-order valence-electron chi connectivity index (χ1n) is 7.79. The zero-order chi connectivity index (χ0) is 15.3. The van der Waals surface area contributed by atoms with Gasteiger partial charge in [-0.05, 0) is 25.2 Å². The van der Waals surface area contributed by atoms with Gasteiger partial charge in [-0.15, -0.1) is 0 Å². The topological polar surface area (TPSA) is 49.4 Å². The van der Waals surface area contributed by atoms with E-state index in [1.54, 1.807) is 0 Å². The van der Waals surface area contributed by atoms with E-state index in [1.165, 1.54) is 0 Å². The Balaban J connectivity index is 2.48. The van der Waals surface area contributed by atoms with E-state index in [0.717, 1.165) is 32.4 Å². The van der Waals surface area contributed by atoms with E-state index in [-0.39, 0.29) is 23.1 Å². The van der Waals surface area contributed by atoms with E-state index in [0.29, 0.717) is 12.5 Å². The van der Waals surface area contributed by atoms with E-state index in [2.05, 4.69) is 19.2 Å². The Labute approximate surface area is 123 Å². The summed E-state index contributed by atoms with van der Waals surface area (Å²) in [6, 6.07) is 0. The Bertz CT molecular complexity index is 345. The van der Waals surface area contributed by atoms with Crippen molar-refractivity contribution in [3.63, 3.8) is 0 Å². The van der Waals surface area contributed by atoms with Crippen molar-refractivity contribution in [3.05, 3.63) is 0 Å². The smallest absolute Gasteiger partial charge is 0.227 e. The Morgan fingerprint density at radius 2 is 1.95 bits per heavy atom. The number of nitrogens with zero attached hydrogens (tertiary/aromatic N) is 1. The van der Waals surface area contributed by atoms with Crippen LogP contribution in [0.1, 0.15) is 53.9 Å². The van der Waals surface area contributed by atoms with E-state index in [1.807, 2.05) is 25.7 Å². The quantitative estimate of drug-likeness (QED) is 0.861. The summed E-state index contributed by atoms with van der Waals surface area (Å²) in [5.41, 5.74) is -0.365. The van der Waals surface area contributed by atoms with E-state index in [9.17, 15) is 9.59 Å². The largest absolute Gasteiger partial charge is 0.356 e. The summed E-state index contributed by atoms with van der Waals surface area (Å²) in [4.78, 5) is 26.3. The first-order valence-corrected chi connectivity index (χ1v) is 7.79. The van der Waals surface area contributed by atoms with Gasteiger partial charge in [0, 0.05) is 25.0 Å². The number of carbonyl (C=O) groups is 2. The van der Waals surface area contributed by atoms with Gasteiger partial charge in [-0.25, -0.2) is 0 Å². The van der Waals surface area contributed by atoms with Gasteiger partial charge >= 0.3 is 0 Å². The van der Waals surface area contributed by atoms with Crippen LogP contribution in [0.3, 0.4) is 0 Å². The molecule has 1 unspecified atom stereocenters. The minimum Gasteiger partial charge on any atom is -0.356 e. The summed E-state index contributed by atoms with van der Waals surface area (Å²) in [6.07, 6.45) is 2.81. The highest BCUT2D eigenvalue weighted by atomic mass is 16.2. The van der Waals surface area contributed by atoms with Crippen molar-refractivity contribution < 1.29 is 9.59 Å². The molecule has 0 spiro atoms. The molecule has 1 aliphatic rings. The SMILES string of the molecule is CC(C)CCNC(=O)C1CCCN(C(=O)C(C)(C)C)C1. The average Bonchev–Trinajstić information content (AvgIpc) is 2.36. The molecule has 0 aromatic rings. The van der Waals surface area contributed by atoms with Gasteiger partial charge < -0.3 is 10.2 Å². The van der Waals surface area contributed by atoms with Crippen molar-refractivity contribution in [3.8, 4) is 0 Å². The van der Waals surface area contributed by atoms with E-state index >= 15 is 0 Å². The molecule has 2 amide bonds. The summed E-state index contributed by atoms with van der Waals surface area (Å²) < 4.78 is 0. The molecule has 1 saturated heterocycles. The van der Waals surface area contributed by atoms with Crippen molar-refractivity contribution in [2.45, 2.75) is 53.9 Å². The maximum atomic E-state index is 12.3. The standard InChI is InChI=1S/C16H30N2O2/c1-12(2)8-9-17-14(19)13-7-6-10-18(11-13)15(20)16(3,4)5/h12-13H,6-11H2,1-5H3,(H,17,19). The molecule has 0 aromatic carbocycles. The van der Waals surface area contributed by atoms with Crippen LogP contribution in [-0.4, -0.2) is 36.3 Å². The second-order valence-electron chi connectivity index (χ2n) is 7.31.